The van der Waals surface area contributed by atoms with E-state index < -0.39 is 11.7 Å². The van der Waals surface area contributed by atoms with E-state index in [4.69, 9.17) is 0 Å². The number of para-hydroxylation sites is 1. The number of rotatable bonds is 4. The molecule has 0 radical (unpaired) electrons. The van der Waals surface area contributed by atoms with Crippen LogP contribution >= 0.6 is 0 Å². The molecule has 2 aromatic heterocycles. The Bertz CT molecular complexity index is 902. The first-order valence-corrected chi connectivity index (χ1v) is 7.91. The molecule has 0 bridgehead atoms. The van der Waals surface area contributed by atoms with E-state index in [1.165, 1.54) is 12.1 Å². The van der Waals surface area contributed by atoms with Crippen molar-refractivity contribution in [1.82, 2.24) is 19.7 Å². The smallest absolute Gasteiger partial charge is 0.296 e. The van der Waals surface area contributed by atoms with Crippen LogP contribution < -0.4 is 5.32 Å². The summed E-state index contributed by atoms with van der Waals surface area (Å²) in [7, 11) is 0. The van der Waals surface area contributed by atoms with Gasteiger partial charge < -0.3 is 5.32 Å². The van der Waals surface area contributed by atoms with E-state index >= 15 is 0 Å². The molecule has 2 heterocycles. The molecule has 25 heavy (non-hydrogen) atoms. The molecule has 0 aliphatic rings. The number of nitrogens with one attached hydrogen (secondary N) is 1. The van der Waals surface area contributed by atoms with Crippen molar-refractivity contribution in [2.24, 2.45) is 0 Å². The molecule has 0 saturated carbocycles. The SMILES string of the molecule is Cc1nc(C(=O)Nc2ccc(F)cn2)nn1-c1ccccc1C(C)C. The van der Waals surface area contributed by atoms with E-state index in [9.17, 15) is 9.18 Å². The molecule has 0 aliphatic heterocycles. The molecular weight excluding hydrogens is 321 g/mol. The first-order chi connectivity index (χ1) is 12.0. The number of benzene rings is 1. The van der Waals surface area contributed by atoms with Gasteiger partial charge in [0.25, 0.3) is 5.91 Å². The minimum Gasteiger partial charge on any atom is -0.304 e. The highest BCUT2D eigenvalue weighted by atomic mass is 19.1. The highest BCUT2D eigenvalue weighted by molar-refractivity contribution is 6.00. The lowest BCUT2D eigenvalue weighted by atomic mass is 10.0. The second-order valence-corrected chi connectivity index (χ2v) is 5.92. The van der Waals surface area contributed by atoms with E-state index in [1.54, 1.807) is 11.6 Å². The molecule has 6 nitrogen and oxygen atoms in total. The molecule has 0 atom stereocenters. The van der Waals surface area contributed by atoms with Crippen molar-refractivity contribution in [3.8, 4) is 5.69 Å². The number of hydrogen-bond acceptors (Lipinski definition) is 4. The fourth-order valence-corrected chi connectivity index (χ4v) is 2.51. The van der Waals surface area contributed by atoms with Crippen LogP contribution in [-0.4, -0.2) is 25.7 Å². The molecule has 0 aliphatic carbocycles. The number of carbonyl (C=O) groups excluding carboxylic acids is 1. The second-order valence-electron chi connectivity index (χ2n) is 5.92. The topological polar surface area (TPSA) is 72.7 Å². The van der Waals surface area contributed by atoms with Crippen molar-refractivity contribution in [1.29, 1.82) is 0 Å². The second kappa shape index (κ2) is 6.80. The van der Waals surface area contributed by atoms with Gasteiger partial charge in [-0.2, -0.15) is 0 Å². The summed E-state index contributed by atoms with van der Waals surface area (Å²) in [6.07, 6.45) is 1.03. The van der Waals surface area contributed by atoms with Crippen molar-refractivity contribution in [2.75, 3.05) is 5.32 Å². The molecule has 128 valence electrons. The number of hydrogen-bond donors (Lipinski definition) is 1. The minimum absolute atomic E-state index is 0.0298. The van der Waals surface area contributed by atoms with Crippen LogP contribution in [0.25, 0.3) is 5.69 Å². The van der Waals surface area contributed by atoms with Gasteiger partial charge in [0.05, 0.1) is 11.9 Å². The third-order valence-electron chi connectivity index (χ3n) is 3.73. The average molecular weight is 339 g/mol. The zero-order chi connectivity index (χ0) is 18.0. The van der Waals surface area contributed by atoms with Gasteiger partial charge in [-0.25, -0.2) is 19.0 Å². The summed E-state index contributed by atoms with van der Waals surface area (Å²) in [5, 5.41) is 6.89. The van der Waals surface area contributed by atoms with Gasteiger partial charge in [-0.3, -0.25) is 4.79 Å². The Labute approximate surface area is 144 Å². The molecule has 1 aromatic carbocycles. The lowest BCUT2D eigenvalue weighted by Crippen LogP contribution is -2.15. The van der Waals surface area contributed by atoms with Gasteiger partial charge in [-0.05, 0) is 36.6 Å². The van der Waals surface area contributed by atoms with Crippen LogP contribution in [0.15, 0.2) is 42.6 Å². The van der Waals surface area contributed by atoms with Crippen molar-refractivity contribution in [2.45, 2.75) is 26.7 Å². The summed E-state index contributed by atoms with van der Waals surface area (Å²) >= 11 is 0. The molecule has 7 heteroatoms. The predicted octanol–water partition coefficient (Wildman–Crippen LogP) is 3.49. The quantitative estimate of drug-likeness (QED) is 0.790. The Balaban J connectivity index is 1.90. The standard InChI is InChI=1S/C18H18FN5O/c1-11(2)14-6-4-5-7-15(14)24-12(3)21-17(23-24)18(25)22-16-9-8-13(19)10-20-16/h4-11H,1-3H3,(H,20,22,25). The minimum atomic E-state index is -0.497. The van der Waals surface area contributed by atoms with E-state index in [2.05, 4.69) is 34.2 Å². The largest absolute Gasteiger partial charge is 0.304 e. The Morgan fingerprint density at radius 3 is 2.64 bits per heavy atom. The lowest BCUT2D eigenvalue weighted by Gasteiger charge is -2.12. The summed E-state index contributed by atoms with van der Waals surface area (Å²) in [5.41, 5.74) is 2.00. The molecule has 1 N–H and O–H groups in total. The van der Waals surface area contributed by atoms with Crippen molar-refractivity contribution < 1.29 is 9.18 Å². The number of aryl methyl sites for hydroxylation is 1. The van der Waals surface area contributed by atoms with Crippen molar-refractivity contribution >= 4 is 11.7 Å². The molecule has 0 saturated heterocycles. The number of halogens is 1. The van der Waals surface area contributed by atoms with E-state index in [1.807, 2.05) is 24.3 Å². The number of pyridine rings is 1. The van der Waals surface area contributed by atoms with Crippen LogP contribution in [0.5, 0.6) is 0 Å². The first kappa shape index (κ1) is 16.8. The van der Waals surface area contributed by atoms with Gasteiger partial charge in [0.15, 0.2) is 0 Å². The predicted molar refractivity (Wildman–Crippen MR) is 92.3 cm³/mol. The van der Waals surface area contributed by atoms with E-state index in [-0.39, 0.29) is 11.6 Å². The van der Waals surface area contributed by atoms with Gasteiger partial charge in [0.2, 0.25) is 5.82 Å². The van der Waals surface area contributed by atoms with Gasteiger partial charge in [-0.1, -0.05) is 32.0 Å². The molecule has 1 amide bonds. The number of amides is 1. The summed E-state index contributed by atoms with van der Waals surface area (Å²) in [5.74, 6) is 0.209. The van der Waals surface area contributed by atoms with Crippen LogP contribution in [0, 0.1) is 12.7 Å². The maximum atomic E-state index is 12.9. The third kappa shape index (κ3) is 3.55. The fourth-order valence-electron chi connectivity index (χ4n) is 2.51. The maximum Gasteiger partial charge on any atom is 0.296 e. The highest BCUT2D eigenvalue weighted by Gasteiger charge is 2.18. The molecular formula is C18H18FN5O. The summed E-state index contributed by atoms with van der Waals surface area (Å²) in [4.78, 5) is 20.4. The Morgan fingerprint density at radius 1 is 1.20 bits per heavy atom. The maximum absolute atomic E-state index is 12.9. The van der Waals surface area contributed by atoms with Gasteiger partial charge in [0.1, 0.15) is 17.5 Å². The van der Waals surface area contributed by atoms with Crippen LogP contribution in [0.1, 0.15) is 41.8 Å². The molecule has 3 rings (SSSR count). The Hall–Kier alpha value is -3.09. The average Bonchev–Trinajstić information content (AvgIpc) is 2.98. The summed E-state index contributed by atoms with van der Waals surface area (Å²) in [6, 6.07) is 10.5. The Morgan fingerprint density at radius 2 is 1.96 bits per heavy atom. The first-order valence-electron chi connectivity index (χ1n) is 7.91. The van der Waals surface area contributed by atoms with E-state index in [0.29, 0.717) is 11.7 Å². The summed E-state index contributed by atoms with van der Waals surface area (Å²) < 4.78 is 14.5. The van der Waals surface area contributed by atoms with Crippen LogP contribution in [-0.2, 0) is 0 Å². The zero-order valence-corrected chi connectivity index (χ0v) is 14.2. The lowest BCUT2D eigenvalue weighted by molar-refractivity contribution is 0.101. The fraction of sp³-hybridized carbons (Fsp3) is 0.222. The highest BCUT2D eigenvalue weighted by Crippen LogP contribution is 2.23. The molecule has 0 unspecified atom stereocenters. The summed E-state index contributed by atoms with van der Waals surface area (Å²) in [6.45, 7) is 5.98. The molecule has 0 spiro atoms. The van der Waals surface area contributed by atoms with Crippen LogP contribution in [0.2, 0.25) is 0 Å². The third-order valence-corrected chi connectivity index (χ3v) is 3.73. The Kier molecular flexibility index (Phi) is 4.56. The van der Waals surface area contributed by atoms with Gasteiger partial charge in [0, 0.05) is 0 Å². The van der Waals surface area contributed by atoms with Crippen LogP contribution in [0.3, 0.4) is 0 Å². The van der Waals surface area contributed by atoms with Gasteiger partial charge in [-0.15, -0.1) is 5.10 Å². The van der Waals surface area contributed by atoms with Crippen LogP contribution in [0.4, 0.5) is 10.2 Å². The zero-order valence-electron chi connectivity index (χ0n) is 14.2. The van der Waals surface area contributed by atoms with Gasteiger partial charge >= 0.3 is 0 Å². The number of carbonyl (C=O) groups is 1. The molecule has 3 aromatic rings. The normalized spacial score (nSPS) is 10.9. The molecule has 0 fully saturated rings. The van der Waals surface area contributed by atoms with E-state index in [0.717, 1.165) is 17.4 Å². The number of anilines is 1. The monoisotopic (exact) mass is 339 g/mol. The number of nitrogens with zero attached hydrogens (tertiary/aromatic N) is 4. The van der Waals surface area contributed by atoms with Crippen molar-refractivity contribution in [3.63, 3.8) is 0 Å². The number of aromatic nitrogens is 4. The van der Waals surface area contributed by atoms with Crippen molar-refractivity contribution in [3.05, 3.63) is 65.6 Å².